The van der Waals surface area contributed by atoms with Gasteiger partial charge < -0.3 is 9.80 Å². The number of piperazine rings is 1. The Labute approximate surface area is 168 Å². The lowest BCUT2D eigenvalue weighted by molar-refractivity contribution is -0.132. The van der Waals surface area contributed by atoms with Crippen molar-refractivity contribution in [1.82, 2.24) is 29.4 Å². The highest BCUT2D eigenvalue weighted by Crippen LogP contribution is 2.21. The first-order valence-electron chi connectivity index (χ1n) is 9.37. The van der Waals surface area contributed by atoms with E-state index in [9.17, 15) is 4.79 Å². The van der Waals surface area contributed by atoms with Crippen molar-refractivity contribution < 1.29 is 4.79 Å². The molecule has 1 aliphatic heterocycles. The first kappa shape index (κ1) is 18.8. The van der Waals surface area contributed by atoms with E-state index >= 15 is 0 Å². The number of benzene rings is 1. The summed E-state index contributed by atoms with van der Waals surface area (Å²) >= 11 is 5.97. The van der Waals surface area contributed by atoms with Gasteiger partial charge in [-0.15, -0.1) is 5.10 Å². The predicted octanol–water partition coefficient (Wildman–Crippen LogP) is 2.38. The summed E-state index contributed by atoms with van der Waals surface area (Å²) in [5.74, 6) is 1.27. The van der Waals surface area contributed by atoms with Gasteiger partial charge in [0.2, 0.25) is 5.91 Å². The smallest absolute Gasteiger partial charge is 0.253 e. The van der Waals surface area contributed by atoms with Gasteiger partial charge >= 0.3 is 0 Å². The van der Waals surface area contributed by atoms with Gasteiger partial charge in [0.25, 0.3) is 5.78 Å². The molecule has 0 N–H and O–H groups in total. The molecule has 1 amide bonds. The van der Waals surface area contributed by atoms with Crippen LogP contribution in [0.3, 0.4) is 0 Å². The number of carbonyl (C=O) groups is 1. The number of halogens is 1. The van der Waals surface area contributed by atoms with E-state index in [0.29, 0.717) is 23.0 Å². The quantitative estimate of drug-likeness (QED) is 0.677. The van der Waals surface area contributed by atoms with Crippen LogP contribution in [0.4, 0.5) is 0 Å². The average Bonchev–Trinajstić information content (AvgIpc) is 3.10. The number of likely N-dealkylation sites (N-methyl/N-ethyl adjacent to an activating group) is 1. The van der Waals surface area contributed by atoms with Crippen molar-refractivity contribution in [3.8, 4) is 11.4 Å². The first-order valence-corrected chi connectivity index (χ1v) is 9.75. The molecule has 0 atom stereocenters. The Morgan fingerprint density at radius 1 is 1.07 bits per heavy atom. The standard InChI is InChI=1S/C20H23ClN6O/c1-13-17(12-18(28)26-10-8-25(3)9-11-26)14(2)27-20(22-13)23-19(24-27)15-4-6-16(21)7-5-15/h4-7H,8-12H2,1-3H3. The van der Waals surface area contributed by atoms with Crippen molar-refractivity contribution >= 4 is 23.3 Å². The maximum atomic E-state index is 12.8. The maximum Gasteiger partial charge on any atom is 0.253 e. The molecule has 0 saturated carbocycles. The summed E-state index contributed by atoms with van der Waals surface area (Å²) in [6.45, 7) is 7.26. The van der Waals surface area contributed by atoms with E-state index in [1.807, 2.05) is 43.0 Å². The number of hydrogen-bond acceptors (Lipinski definition) is 5. The number of aromatic nitrogens is 4. The van der Waals surface area contributed by atoms with Crippen LogP contribution >= 0.6 is 11.6 Å². The minimum atomic E-state index is 0.137. The van der Waals surface area contributed by atoms with Gasteiger partial charge in [-0.25, -0.2) is 9.50 Å². The highest BCUT2D eigenvalue weighted by molar-refractivity contribution is 6.30. The second-order valence-electron chi connectivity index (χ2n) is 7.28. The average molecular weight is 399 g/mol. The minimum Gasteiger partial charge on any atom is -0.340 e. The molecule has 3 aromatic rings. The lowest BCUT2D eigenvalue weighted by atomic mass is 10.1. The van der Waals surface area contributed by atoms with E-state index in [0.717, 1.165) is 48.7 Å². The number of hydrogen-bond donors (Lipinski definition) is 0. The zero-order valence-corrected chi connectivity index (χ0v) is 17.1. The largest absolute Gasteiger partial charge is 0.340 e. The van der Waals surface area contributed by atoms with Crippen LogP contribution in [-0.2, 0) is 11.2 Å². The number of fused-ring (bicyclic) bond motifs is 1. The number of carbonyl (C=O) groups excluding carboxylic acids is 1. The molecule has 0 radical (unpaired) electrons. The van der Waals surface area contributed by atoms with Crippen molar-refractivity contribution in [2.24, 2.45) is 0 Å². The lowest BCUT2D eigenvalue weighted by Gasteiger charge is -2.32. The van der Waals surface area contributed by atoms with E-state index in [1.165, 1.54) is 0 Å². The lowest BCUT2D eigenvalue weighted by Crippen LogP contribution is -2.47. The molecule has 4 rings (SSSR count). The van der Waals surface area contributed by atoms with E-state index in [2.05, 4.69) is 27.0 Å². The Morgan fingerprint density at radius 3 is 2.43 bits per heavy atom. The fourth-order valence-electron chi connectivity index (χ4n) is 3.50. The topological polar surface area (TPSA) is 66.6 Å². The first-order chi connectivity index (χ1) is 13.4. The predicted molar refractivity (Wildman–Crippen MR) is 108 cm³/mol. The van der Waals surface area contributed by atoms with Gasteiger partial charge in [0, 0.05) is 53.7 Å². The van der Waals surface area contributed by atoms with E-state index in [1.54, 1.807) is 4.52 Å². The van der Waals surface area contributed by atoms with Gasteiger partial charge in [-0.1, -0.05) is 11.6 Å². The van der Waals surface area contributed by atoms with Gasteiger partial charge in [0.1, 0.15) is 0 Å². The molecule has 2 aromatic heterocycles. The van der Waals surface area contributed by atoms with E-state index in [-0.39, 0.29) is 5.91 Å². The molecule has 0 spiro atoms. The maximum absolute atomic E-state index is 12.8. The third-order valence-electron chi connectivity index (χ3n) is 5.34. The van der Waals surface area contributed by atoms with Gasteiger partial charge in [-0.2, -0.15) is 4.98 Å². The van der Waals surface area contributed by atoms with Crippen molar-refractivity contribution in [2.75, 3.05) is 33.2 Å². The van der Waals surface area contributed by atoms with Crippen LogP contribution in [-0.4, -0.2) is 68.5 Å². The second-order valence-corrected chi connectivity index (χ2v) is 7.71. The summed E-state index contributed by atoms with van der Waals surface area (Å²) in [5.41, 5.74) is 3.52. The van der Waals surface area contributed by atoms with Crippen molar-refractivity contribution in [3.63, 3.8) is 0 Å². The fourth-order valence-corrected chi connectivity index (χ4v) is 3.63. The zero-order chi connectivity index (χ0) is 19.8. The van der Waals surface area contributed by atoms with E-state index < -0.39 is 0 Å². The number of rotatable bonds is 3. The van der Waals surface area contributed by atoms with Gasteiger partial charge in [-0.3, -0.25) is 4.79 Å². The van der Waals surface area contributed by atoms with Crippen molar-refractivity contribution in [1.29, 1.82) is 0 Å². The molecule has 28 heavy (non-hydrogen) atoms. The molecule has 146 valence electrons. The van der Waals surface area contributed by atoms with Crippen LogP contribution in [0.5, 0.6) is 0 Å². The number of amides is 1. The van der Waals surface area contributed by atoms with Gasteiger partial charge in [0.15, 0.2) is 5.82 Å². The van der Waals surface area contributed by atoms with Crippen LogP contribution in [0.2, 0.25) is 5.02 Å². The Balaban J connectivity index is 1.64. The molecule has 3 heterocycles. The van der Waals surface area contributed by atoms with Crippen LogP contribution in [0.1, 0.15) is 17.0 Å². The third-order valence-corrected chi connectivity index (χ3v) is 5.59. The van der Waals surface area contributed by atoms with Gasteiger partial charge in [0.05, 0.1) is 6.42 Å². The molecule has 1 fully saturated rings. The molecule has 0 unspecified atom stereocenters. The van der Waals surface area contributed by atoms with Gasteiger partial charge in [-0.05, 0) is 45.2 Å². The summed E-state index contributed by atoms with van der Waals surface area (Å²) in [5, 5.41) is 5.28. The molecule has 0 bridgehead atoms. The summed E-state index contributed by atoms with van der Waals surface area (Å²) in [6, 6.07) is 7.40. The summed E-state index contributed by atoms with van der Waals surface area (Å²) in [7, 11) is 2.08. The van der Waals surface area contributed by atoms with Crippen LogP contribution < -0.4 is 0 Å². The summed E-state index contributed by atoms with van der Waals surface area (Å²) in [4.78, 5) is 26.1. The molecule has 0 aliphatic carbocycles. The number of aryl methyl sites for hydroxylation is 2. The molecule has 1 aromatic carbocycles. The van der Waals surface area contributed by atoms with Crippen LogP contribution in [0, 0.1) is 13.8 Å². The van der Waals surface area contributed by atoms with Crippen molar-refractivity contribution in [3.05, 3.63) is 46.2 Å². The number of nitrogens with zero attached hydrogens (tertiary/aromatic N) is 6. The van der Waals surface area contributed by atoms with Crippen LogP contribution in [0.25, 0.3) is 17.2 Å². The Hall–Kier alpha value is -2.51. The Morgan fingerprint density at radius 2 is 1.75 bits per heavy atom. The van der Waals surface area contributed by atoms with E-state index in [4.69, 9.17) is 11.6 Å². The molecule has 8 heteroatoms. The molecule has 7 nitrogen and oxygen atoms in total. The fraction of sp³-hybridized carbons (Fsp3) is 0.400. The monoisotopic (exact) mass is 398 g/mol. The third kappa shape index (κ3) is 3.59. The highest BCUT2D eigenvalue weighted by atomic mass is 35.5. The zero-order valence-electron chi connectivity index (χ0n) is 16.3. The summed E-state index contributed by atoms with van der Waals surface area (Å²) < 4.78 is 1.73. The summed E-state index contributed by atoms with van der Waals surface area (Å²) in [6.07, 6.45) is 0.334. The van der Waals surface area contributed by atoms with Crippen LogP contribution in [0.15, 0.2) is 24.3 Å². The Bertz CT molecular complexity index is 1020. The minimum absolute atomic E-state index is 0.137. The molecular weight excluding hydrogens is 376 g/mol. The SMILES string of the molecule is Cc1nc2nc(-c3ccc(Cl)cc3)nn2c(C)c1CC(=O)N1CCN(C)CC1. The molecule has 1 saturated heterocycles. The molecule has 1 aliphatic rings. The Kier molecular flexibility index (Phi) is 5.03. The molecular formula is C20H23ClN6O. The normalized spacial score (nSPS) is 15.4. The van der Waals surface area contributed by atoms with Crippen molar-refractivity contribution in [2.45, 2.75) is 20.3 Å². The second kappa shape index (κ2) is 7.48. The highest BCUT2D eigenvalue weighted by Gasteiger charge is 2.22.